The van der Waals surface area contributed by atoms with E-state index in [1.807, 2.05) is 6.92 Å². The topological polar surface area (TPSA) is 79.3 Å². The van der Waals surface area contributed by atoms with Crippen molar-refractivity contribution in [3.05, 3.63) is 70.5 Å². The quantitative estimate of drug-likeness (QED) is 0.415. The first kappa shape index (κ1) is 22.6. The van der Waals surface area contributed by atoms with Gasteiger partial charge in [-0.1, -0.05) is 18.2 Å². The van der Waals surface area contributed by atoms with Crippen LogP contribution in [-0.4, -0.2) is 72.1 Å². The lowest BCUT2D eigenvalue weighted by molar-refractivity contribution is -0.140. The van der Waals surface area contributed by atoms with Crippen molar-refractivity contribution in [3.8, 4) is 5.75 Å². The summed E-state index contributed by atoms with van der Waals surface area (Å²) < 4.78 is 26.0. The number of carbonyl (C=O) groups is 2. The highest BCUT2D eigenvalue weighted by Gasteiger charge is 2.47. The van der Waals surface area contributed by atoms with Gasteiger partial charge in [0.25, 0.3) is 11.7 Å². The van der Waals surface area contributed by atoms with E-state index in [-0.39, 0.29) is 29.5 Å². The normalized spacial score (nSPS) is 24.4. The molecule has 2 aromatic carbocycles. The zero-order valence-electron chi connectivity index (χ0n) is 19.0. The van der Waals surface area contributed by atoms with Crippen LogP contribution in [0.25, 0.3) is 5.76 Å². The summed E-state index contributed by atoms with van der Waals surface area (Å²) in [5.41, 5.74) is 1.41. The zero-order valence-corrected chi connectivity index (χ0v) is 19.0. The van der Waals surface area contributed by atoms with Crippen molar-refractivity contribution in [2.45, 2.75) is 25.5 Å². The van der Waals surface area contributed by atoms with Crippen LogP contribution in [0, 0.1) is 5.82 Å². The van der Waals surface area contributed by atoms with Gasteiger partial charge in [-0.05, 0) is 36.8 Å². The molecule has 0 bridgehead atoms. The van der Waals surface area contributed by atoms with Crippen LogP contribution in [0.2, 0.25) is 0 Å². The summed E-state index contributed by atoms with van der Waals surface area (Å²) in [5, 5.41) is 11.3. The summed E-state index contributed by atoms with van der Waals surface area (Å²) in [6.45, 7) is 5.38. The lowest BCUT2D eigenvalue weighted by Crippen LogP contribution is -2.42. The average molecular weight is 467 g/mol. The second-order valence-electron chi connectivity index (χ2n) is 8.92. The van der Waals surface area contributed by atoms with Crippen LogP contribution in [0.3, 0.4) is 0 Å². The molecule has 8 heteroatoms. The molecule has 178 valence electrons. The monoisotopic (exact) mass is 466 g/mol. The van der Waals surface area contributed by atoms with Gasteiger partial charge in [-0.25, -0.2) is 4.39 Å². The number of fused-ring (bicyclic) bond motifs is 1. The number of ether oxygens (including phenoxy) is 2. The Hall–Kier alpha value is -3.23. The van der Waals surface area contributed by atoms with Gasteiger partial charge in [-0.15, -0.1) is 0 Å². The lowest BCUT2D eigenvalue weighted by atomic mass is 9.94. The number of carbonyl (C=O) groups excluding carboxylic acids is 2. The molecule has 2 atom stereocenters. The van der Waals surface area contributed by atoms with Gasteiger partial charge in [0.05, 0.1) is 24.8 Å². The number of rotatable bonds is 5. The summed E-state index contributed by atoms with van der Waals surface area (Å²) in [6.07, 6.45) is 0.706. The molecule has 2 fully saturated rings. The second-order valence-corrected chi connectivity index (χ2v) is 8.92. The first-order chi connectivity index (χ1) is 16.4. The van der Waals surface area contributed by atoms with Crippen molar-refractivity contribution in [3.63, 3.8) is 0 Å². The zero-order chi connectivity index (χ0) is 23.8. The highest BCUT2D eigenvalue weighted by molar-refractivity contribution is 6.46. The van der Waals surface area contributed by atoms with E-state index in [2.05, 4.69) is 4.90 Å². The molecule has 5 rings (SSSR count). The van der Waals surface area contributed by atoms with Crippen LogP contribution in [0.5, 0.6) is 5.75 Å². The fourth-order valence-corrected chi connectivity index (χ4v) is 4.93. The Morgan fingerprint density at radius 2 is 1.88 bits per heavy atom. The largest absolute Gasteiger partial charge is 0.507 e. The third kappa shape index (κ3) is 4.08. The summed E-state index contributed by atoms with van der Waals surface area (Å²) in [6, 6.07) is 10.2. The standard InChI is InChI=1S/C26H27FN2O5/c1-16-14-18-15-17(6-7-21(18)34-16)24(30)22-23(19-4-2-3-5-20(19)27)29(26(32)25(22)31)9-8-28-10-12-33-13-11-28/h2-7,15-16,23,30H,8-14H2,1H3/b24-22-. The smallest absolute Gasteiger partial charge is 0.295 e. The molecule has 1 amide bonds. The summed E-state index contributed by atoms with van der Waals surface area (Å²) in [4.78, 5) is 29.8. The van der Waals surface area contributed by atoms with E-state index in [1.165, 1.54) is 11.0 Å². The second kappa shape index (κ2) is 9.19. The number of Topliss-reactive ketones (excluding diaryl/α,β-unsaturated/α-hetero) is 1. The van der Waals surface area contributed by atoms with Gasteiger partial charge in [0.2, 0.25) is 0 Å². The van der Waals surface area contributed by atoms with Crippen LogP contribution in [0.1, 0.15) is 29.7 Å². The molecule has 3 aliphatic rings. The first-order valence-electron chi connectivity index (χ1n) is 11.6. The molecule has 0 aromatic heterocycles. The van der Waals surface area contributed by atoms with Crippen LogP contribution in [0.4, 0.5) is 4.39 Å². The first-order valence-corrected chi connectivity index (χ1v) is 11.6. The number of amides is 1. The molecular formula is C26H27FN2O5. The van der Waals surface area contributed by atoms with E-state index in [9.17, 15) is 19.1 Å². The highest BCUT2D eigenvalue weighted by Crippen LogP contribution is 2.41. The molecule has 0 radical (unpaired) electrons. The molecule has 0 saturated carbocycles. The van der Waals surface area contributed by atoms with E-state index in [4.69, 9.17) is 9.47 Å². The Morgan fingerprint density at radius 1 is 1.12 bits per heavy atom. The number of aliphatic hydroxyl groups excluding tert-OH is 1. The van der Waals surface area contributed by atoms with Crippen molar-refractivity contribution in [1.82, 2.24) is 9.80 Å². The molecule has 3 aliphatic heterocycles. The Kier molecular flexibility index (Phi) is 6.10. The van der Waals surface area contributed by atoms with Crippen LogP contribution < -0.4 is 4.74 Å². The third-order valence-corrected chi connectivity index (χ3v) is 6.67. The fourth-order valence-electron chi connectivity index (χ4n) is 4.93. The molecule has 2 aromatic rings. The SMILES string of the molecule is CC1Cc2cc(/C(O)=C3/C(=O)C(=O)N(CCN4CCOCC4)C3c3ccccc3F)ccc2O1. The Balaban J connectivity index is 1.54. The molecule has 0 spiro atoms. The highest BCUT2D eigenvalue weighted by atomic mass is 19.1. The van der Waals surface area contributed by atoms with Gasteiger partial charge in [0.15, 0.2) is 0 Å². The average Bonchev–Trinajstić information content (AvgIpc) is 3.33. The van der Waals surface area contributed by atoms with Crippen molar-refractivity contribution in [2.24, 2.45) is 0 Å². The van der Waals surface area contributed by atoms with Crippen LogP contribution in [-0.2, 0) is 20.7 Å². The van der Waals surface area contributed by atoms with Crippen molar-refractivity contribution < 1.29 is 28.6 Å². The summed E-state index contributed by atoms with van der Waals surface area (Å²) in [5.74, 6) is -1.64. The maximum Gasteiger partial charge on any atom is 0.295 e. The lowest BCUT2D eigenvalue weighted by Gasteiger charge is -2.31. The predicted molar refractivity (Wildman–Crippen MR) is 123 cm³/mol. The van der Waals surface area contributed by atoms with Gasteiger partial charge in [0.1, 0.15) is 23.4 Å². The third-order valence-electron chi connectivity index (χ3n) is 6.67. The molecule has 7 nitrogen and oxygen atoms in total. The van der Waals surface area contributed by atoms with Gasteiger partial charge >= 0.3 is 0 Å². The molecule has 3 heterocycles. The minimum atomic E-state index is -1.01. The van der Waals surface area contributed by atoms with Crippen LogP contribution >= 0.6 is 0 Å². The minimum Gasteiger partial charge on any atom is -0.507 e. The van der Waals surface area contributed by atoms with E-state index in [0.717, 1.165) is 24.4 Å². The van der Waals surface area contributed by atoms with Gasteiger partial charge < -0.3 is 19.5 Å². The molecule has 34 heavy (non-hydrogen) atoms. The number of halogens is 1. The summed E-state index contributed by atoms with van der Waals surface area (Å²) >= 11 is 0. The Morgan fingerprint density at radius 3 is 2.65 bits per heavy atom. The van der Waals surface area contributed by atoms with E-state index >= 15 is 0 Å². The molecule has 2 saturated heterocycles. The molecular weight excluding hydrogens is 439 g/mol. The van der Waals surface area contributed by atoms with Gasteiger partial charge in [0, 0.05) is 43.7 Å². The van der Waals surface area contributed by atoms with Crippen molar-refractivity contribution in [1.29, 1.82) is 0 Å². The van der Waals surface area contributed by atoms with Crippen molar-refractivity contribution >= 4 is 17.4 Å². The minimum absolute atomic E-state index is 0.0246. The fraction of sp³-hybridized carbons (Fsp3) is 0.385. The molecule has 1 N–H and O–H groups in total. The van der Waals surface area contributed by atoms with Crippen molar-refractivity contribution in [2.75, 3.05) is 39.4 Å². The number of morpholine rings is 1. The van der Waals surface area contributed by atoms with E-state index in [0.29, 0.717) is 31.7 Å². The number of nitrogens with zero attached hydrogens (tertiary/aromatic N) is 2. The molecule has 2 unspecified atom stereocenters. The van der Waals surface area contributed by atoms with Crippen LogP contribution in [0.15, 0.2) is 48.0 Å². The number of ketones is 1. The van der Waals surface area contributed by atoms with E-state index < -0.39 is 23.5 Å². The van der Waals surface area contributed by atoms with E-state index in [1.54, 1.807) is 36.4 Å². The van der Waals surface area contributed by atoms with Gasteiger partial charge in [-0.3, -0.25) is 14.5 Å². The number of hydrogen-bond donors (Lipinski definition) is 1. The maximum atomic E-state index is 14.9. The number of likely N-dealkylation sites (tertiary alicyclic amines) is 1. The number of benzene rings is 2. The Bertz CT molecular complexity index is 1160. The maximum absolute atomic E-state index is 14.9. The number of hydrogen-bond acceptors (Lipinski definition) is 6. The Labute approximate surface area is 197 Å². The molecule has 0 aliphatic carbocycles. The summed E-state index contributed by atoms with van der Waals surface area (Å²) in [7, 11) is 0. The van der Waals surface area contributed by atoms with Gasteiger partial charge in [-0.2, -0.15) is 0 Å². The number of aliphatic hydroxyl groups is 1. The predicted octanol–water partition coefficient (Wildman–Crippen LogP) is 2.90.